The zero-order valence-electron chi connectivity index (χ0n) is 7.33. The van der Waals surface area contributed by atoms with Crippen molar-refractivity contribution >= 4 is 28.3 Å². The maximum absolute atomic E-state index is 4.47. The minimum atomic E-state index is 0. The molecule has 1 heterocycles. The van der Waals surface area contributed by atoms with E-state index in [4.69, 9.17) is 0 Å². The summed E-state index contributed by atoms with van der Waals surface area (Å²) in [5.74, 6) is 1.09. The predicted molar refractivity (Wildman–Crippen MR) is 53.3 cm³/mol. The second-order valence-electron chi connectivity index (χ2n) is 2.59. The molecule has 1 aliphatic rings. The third kappa shape index (κ3) is 2.24. The van der Waals surface area contributed by atoms with Gasteiger partial charge in [-0.05, 0) is 17.8 Å². The van der Waals surface area contributed by atoms with Crippen molar-refractivity contribution in [1.29, 1.82) is 0 Å². The lowest BCUT2D eigenvalue weighted by molar-refractivity contribution is -0.432. The average Bonchev–Trinajstić information content (AvgIpc) is 2.47. The summed E-state index contributed by atoms with van der Waals surface area (Å²) < 4.78 is 0. The van der Waals surface area contributed by atoms with Crippen LogP contribution in [0, 0.1) is 0 Å². The van der Waals surface area contributed by atoms with Crippen molar-refractivity contribution in [1.82, 2.24) is 0 Å². The molecular weight excluding hydrogens is 204 g/mol. The maximum atomic E-state index is 4.47. The van der Waals surface area contributed by atoms with Gasteiger partial charge in [-0.15, -0.1) is 0 Å². The lowest BCUT2D eigenvalue weighted by Gasteiger charge is -1.91. The molecule has 4 heteroatoms. The summed E-state index contributed by atoms with van der Waals surface area (Å²) >= 11 is 1.79. The number of nitrogens with zero attached hydrogens (tertiary/aromatic N) is 1. The third-order valence-corrected chi connectivity index (χ3v) is 2.53. The van der Waals surface area contributed by atoms with Gasteiger partial charge in [0.25, 0.3) is 5.17 Å². The Morgan fingerprint density at radius 1 is 1.38 bits per heavy atom. The standard InChI is InChI=1S/C9H10N2S.ClH/c1-2-12-9-10-7-5-3-4-6-8(7)11-9;/h3-6H,2H2,1H3,(H,10,11);1H. The van der Waals surface area contributed by atoms with Crippen LogP contribution in [0.4, 0.5) is 11.4 Å². The van der Waals surface area contributed by atoms with Gasteiger partial charge >= 0.3 is 0 Å². The molecule has 0 atom stereocenters. The van der Waals surface area contributed by atoms with E-state index >= 15 is 0 Å². The molecule has 13 heavy (non-hydrogen) atoms. The molecule has 0 saturated heterocycles. The average molecular weight is 215 g/mol. The lowest BCUT2D eigenvalue weighted by atomic mass is 10.3. The van der Waals surface area contributed by atoms with Gasteiger partial charge < -0.3 is 12.4 Å². The smallest absolute Gasteiger partial charge is 0.266 e. The van der Waals surface area contributed by atoms with E-state index in [1.165, 1.54) is 5.69 Å². The zero-order chi connectivity index (χ0) is 8.39. The number of hydrogen-bond acceptors (Lipinski definition) is 2. The van der Waals surface area contributed by atoms with Gasteiger partial charge in [0.05, 0.1) is 0 Å². The minimum absolute atomic E-state index is 0. The quantitative estimate of drug-likeness (QED) is 0.575. The summed E-state index contributed by atoms with van der Waals surface area (Å²) in [6, 6.07) is 8.22. The molecule has 0 aliphatic carbocycles. The highest BCUT2D eigenvalue weighted by Gasteiger charge is 2.17. The van der Waals surface area contributed by atoms with Crippen LogP contribution in [0.5, 0.6) is 0 Å². The van der Waals surface area contributed by atoms with Gasteiger partial charge in [0, 0.05) is 11.8 Å². The number of hydrogen-bond donors (Lipinski definition) is 1. The number of halogens is 1. The van der Waals surface area contributed by atoms with Crippen molar-refractivity contribution in [3.63, 3.8) is 0 Å². The third-order valence-electron chi connectivity index (χ3n) is 1.74. The fraction of sp³-hybridized carbons (Fsp3) is 0.222. The molecule has 0 bridgehead atoms. The molecule has 1 aromatic carbocycles. The van der Waals surface area contributed by atoms with Gasteiger partial charge in [-0.1, -0.05) is 19.1 Å². The van der Waals surface area contributed by atoms with Crippen LogP contribution in [0.2, 0.25) is 0 Å². The van der Waals surface area contributed by atoms with E-state index in [0.29, 0.717) is 0 Å². The van der Waals surface area contributed by atoms with E-state index in [0.717, 1.165) is 16.6 Å². The SMILES string of the molecule is CCSC1=Nc2ccccc2[NH2+]1.[Cl-]. The fourth-order valence-electron chi connectivity index (χ4n) is 1.22. The van der Waals surface area contributed by atoms with Crippen LogP contribution in [0.1, 0.15) is 6.92 Å². The Labute approximate surface area is 88.2 Å². The van der Waals surface area contributed by atoms with Crippen LogP contribution in [-0.2, 0) is 0 Å². The minimum Gasteiger partial charge on any atom is -1.00 e. The van der Waals surface area contributed by atoms with Crippen molar-refractivity contribution in [2.24, 2.45) is 4.99 Å². The van der Waals surface area contributed by atoms with Crippen molar-refractivity contribution in [2.75, 3.05) is 5.75 Å². The highest BCUT2D eigenvalue weighted by Crippen LogP contribution is 2.24. The van der Waals surface area contributed by atoms with E-state index in [9.17, 15) is 0 Å². The lowest BCUT2D eigenvalue weighted by Crippen LogP contribution is -3.00. The molecule has 2 nitrogen and oxygen atoms in total. The molecule has 0 spiro atoms. The number of nitrogens with two attached hydrogens (primary N) is 1. The molecule has 0 unspecified atom stereocenters. The number of aliphatic imine (C=N–C) groups is 1. The van der Waals surface area contributed by atoms with E-state index in [1.807, 2.05) is 12.1 Å². The van der Waals surface area contributed by atoms with Gasteiger partial charge in [-0.25, -0.2) is 0 Å². The van der Waals surface area contributed by atoms with Crippen LogP contribution in [0.25, 0.3) is 0 Å². The number of thioether (sulfide) groups is 1. The number of rotatable bonds is 1. The fourth-order valence-corrected chi connectivity index (χ4v) is 1.89. The monoisotopic (exact) mass is 214 g/mol. The van der Waals surface area contributed by atoms with Crippen molar-refractivity contribution < 1.29 is 17.7 Å². The van der Waals surface area contributed by atoms with E-state index in [-0.39, 0.29) is 12.4 Å². The predicted octanol–water partition coefficient (Wildman–Crippen LogP) is -1.36. The number of benzene rings is 1. The zero-order valence-corrected chi connectivity index (χ0v) is 8.90. The first-order valence-corrected chi connectivity index (χ1v) is 5.04. The van der Waals surface area contributed by atoms with E-state index in [1.54, 1.807) is 11.8 Å². The second kappa shape index (κ2) is 4.65. The Kier molecular flexibility index (Phi) is 3.78. The molecule has 2 N–H and O–H groups in total. The van der Waals surface area contributed by atoms with E-state index < -0.39 is 0 Å². The molecule has 1 aliphatic heterocycles. The first kappa shape index (κ1) is 10.6. The Morgan fingerprint density at radius 2 is 2.15 bits per heavy atom. The Bertz CT molecular complexity index is 325. The second-order valence-corrected chi connectivity index (χ2v) is 3.87. The van der Waals surface area contributed by atoms with Crippen LogP contribution in [-0.4, -0.2) is 10.9 Å². The molecule has 1 aromatic rings. The molecule has 0 fully saturated rings. The Hall–Kier alpha value is -0.510. The molecule has 0 radical (unpaired) electrons. The Balaban J connectivity index is 0.000000845. The summed E-state index contributed by atoms with van der Waals surface area (Å²) in [6.45, 7) is 2.14. The van der Waals surface area contributed by atoms with Gasteiger partial charge in [0.15, 0.2) is 5.69 Å². The number of para-hydroxylation sites is 2. The van der Waals surface area contributed by atoms with Crippen molar-refractivity contribution in [3.8, 4) is 0 Å². The first-order chi connectivity index (χ1) is 5.90. The van der Waals surface area contributed by atoms with Crippen LogP contribution in [0.15, 0.2) is 29.3 Å². The maximum Gasteiger partial charge on any atom is 0.266 e. The first-order valence-electron chi connectivity index (χ1n) is 4.05. The number of amidine groups is 1. The normalized spacial score (nSPS) is 13.2. The van der Waals surface area contributed by atoms with Gasteiger partial charge in [0.1, 0.15) is 5.69 Å². The number of fused-ring (bicyclic) bond motifs is 1. The summed E-state index contributed by atoms with van der Waals surface area (Å²) in [5, 5.41) is 3.28. The molecule has 2 rings (SSSR count). The van der Waals surface area contributed by atoms with Gasteiger partial charge in [-0.2, -0.15) is 4.99 Å². The largest absolute Gasteiger partial charge is 1.00 e. The molecule has 0 amide bonds. The van der Waals surface area contributed by atoms with Gasteiger partial charge in [0.2, 0.25) is 0 Å². The van der Waals surface area contributed by atoms with E-state index in [2.05, 4.69) is 29.4 Å². The summed E-state index contributed by atoms with van der Waals surface area (Å²) in [4.78, 5) is 4.47. The molecule has 0 aromatic heterocycles. The molecular formula is C9H11ClN2S. The summed E-state index contributed by atoms with van der Waals surface area (Å²) in [6.07, 6.45) is 0. The van der Waals surface area contributed by atoms with Crippen LogP contribution >= 0.6 is 11.8 Å². The van der Waals surface area contributed by atoms with Gasteiger partial charge in [-0.3, -0.25) is 5.32 Å². The van der Waals surface area contributed by atoms with Crippen molar-refractivity contribution in [2.45, 2.75) is 6.92 Å². The topological polar surface area (TPSA) is 29.0 Å². The molecule has 0 saturated carbocycles. The van der Waals surface area contributed by atoms with Crippen LogP contribution < -0.4 is 17.7 Å². The highest BCUT2D eigenvalue weighted by atomic mass is 35.5. The summed E-state index contributed by atoms with van der Waals surface area (Å²) in [5.41, 5.74) is 2.35. The van der Waals surface area contributed by atoms with Crippen LogP contribution in [0.3, 0.4) is 0 Å². The number of quaternary nitrogens is 1. The Morgan fingerprint density at radius 3 is 2.85 bits per heavy atom. The summed E-state index contributed by atoms with van der Waals surface area (Å²) in [7, 11) is 0. The highest BCUT2D eigenvalue weighted by molar-refractivity contribution is 8.13. The molecule has 70 valence electrons. The van der Waals surface area contributed by atoms with Crippen molar-refractivity contribution in [3.05, 3.63) is 24.3 Å².